The van der Waals surface area contributed by atoms with Gasteiger partial charge in [-0.3, -0.25) is 0 Å². The zero-order valence-corrected chi connectivity index (χ0v) is 13.8. The van der Waals surface area contributed by atoms with Gasteiger partial charge in [0, 0.05) is 23.0 Å². The zero-order valence-electron chi connectivity index (χ0n) is 13.8. The van der Waals surface area contributed by atoms with Crippen molar-refractivity contribution in [3.63, 3.8) is 0 Å². The molecule has 0 aliphatic carbocycles. The summed E-state index contributed by atoms with van der Waals surface area (Å²) in [6.45, 7) is 6.27. The number of allylic oxidation sites excluding steroid dienone is 1. The predicted molar refractivity (Wildman–Crippen MR) is 91.5 cm³/mol. The molecule has 0 saturated heterocycles. The van der Waals surface area contributed by atoms with Gasteiger partial charge < -0.3 is 4.74 Å². The molecule has 116 valence electrons. The van der Waals surface area contributed by atoms with Crippen LogP contribution >= 0.6 is 0 Å². The average molecular weight is 303 g/mol. The quantitative estimate of drug-likeness (QED) is 0.766. The Morgan fingerprint density at radius 2 is 1.39 bits per heavy atom. The van der Waals surface area contributed by atoms with Crippen LogP contribution in [0.25, 0.3) is 0 Å². The number of hydrogen-bond acceptors (Lipinski definition) is 2. The molecule has 0 atom stereocenters. The van der Waals surface area contributed by atoms with E-state index in [0.717, 1.165) is 22.5 Å². The molecule has 0 aromatic heterocycles. The van der Waals surface area contributed by atoms with Gasteiger partial charge >= 0.3 is 0 Å². The van der Waals surface area contributed by atoms with Crippen LogP contribution in [0.1, 0.15) is 38.3 Å². The van der Waals surface area contributed by atoms with Gasteiger partial charge in [0.2, 0.25) is 0 Å². The third-order valence-electron chi connectivity index (χ3n) is 4.27. The van der Waals surface area contributed by atoms with Gasteiger partial charge in [-0.15, -0.1) is 0 Å². The van der Waals surface area contributed by atoms with Gasteiger partial charge in [0.25, 0.3) is 0 Å². The van der Waals surface area contributed by atoms with Crippen LogP contribution in [0.2, 0.25) is 0 Å². The Bertz CT molecular complexity index is 721. The number of benzene rings is 2. The molecule has 3 rings (SSSR count). The Balaban J connectivity index is 2.17. The molecule has 23 heavy (non-hydrogen) atoms. The van der Waals surface area contributed by atoms with E-state index in [1.54, 1.807) is 0 Å². The average Bonchev–Trinajstić information content (AvgIpc) is 2.98. The van der Waals surface area contributed by atoms with Crippen molar-refractivity contribution in [3.05, 3.63) is 83.1 Å². The lowest BCUT2D eigenvalue weighted by atomic mass is 9.82. The van der Waals surface area contributed by atoms with Crippen molar-refractivity contribution >= 4 is 0 Å². The van der Waals surface area contributed by atoms with Crippen LogP contribution in [-0.4, -0.2) is 0 Å². The fraction of sp³-hybridized carbons (Fsp3) is 0.286. The second-order valence-electron chi connectivity index (χ2n) is 7.01. The zero-order chi connectivity index (χ0) is 16.5. The largest absolute Gasteiger partial charge is 0.480 e. The van der Waals surface area contributed by atoms with Crippen molar-refractivity contribution in [2.75, 3.05) is 0 Å². The van der Waals surface area contributed by atoms with Crippen molar-refractivity contribution in [1.82, 2.24) is 0 Å². The Kier molecular flexibility index (Phi) is 3.74. The Labute approximate surface area is 138 Å². The first-order valence-corrected chi connectivity index (χ1v) is 7.91. The maximum Gasteiger partial charge on any atom is 0.163 e. The molecule has 0 unspecified atom stereocenters. The van der Waals surface area contributed by atoms with Crippen molar-refractivity contribution in [2.45, 2.75) is 32.8 Å². The van der Waals surface area contributed by atoms with Gasteiger partial charge in [-0.2, -0.15) is 5.26 Å². The molecular weight excluding hydrogens is 282 g/mol. The second kappa shape index (κ2) is 5.59. The molecule has 1 aliphatic rings. The molecule has 2 aromatic carbocycles. The summed E-state index contributed by atoms with van der Waals surface area (Å²) in [5.74, 6) is 0.799. The number of nitrogens with zero attached hydrogens (tertiary/aromatic N) is 1. The molecule has 2 nitrogen and oxygen atoms in total. The normalized spacial score (nSPS) is 16.8. The SMILES string of the molecule is CC(C)(C)C1=C(C#N)CC(c2ccccc2)(c2ccccc2)O1. The van der Waals surface area contributed by atoms with Crippen molar-refractivity contribution in [1.29, 1.82) is 5.26 Å². The van der Waals surface area contributed by atoms with E-state index in [1.807, 2.05) is 36.4 Å². The number of hydrogen-bond donors (Lipinski definition) is 0. The summed E-state index contributed by atoms with van der Waals surface area (Å²) in [4.78, 5) is 0. The van der Waals surface area contributed by atoms with Crippen LogP contribution in [0, 0.1) is 16.7 Å². The molecule has 0 fully saturated rings. The maximum atomic E-state index is 9.64. The molecule has 0 bridgehead atoms. The van der Waals surface area contributed by atoms with E-state index in [0.29, 0.717) is 6.42 Å². The minimum Gasteiger partial charge on any atom is -0.480 e. The fourth-order valence-corrected chi connectivity index (χ4v) is 3.20. The fourth-order valence-electron chi connectivity index (χ4n) is 3.20. The Morgan fingerprint density at radius 1 is 0.913 bits per heavy atom. The molecule has 1 heterocycles. The summed E-state index contributed by atoms with van der Waals surface area (Å²) in [5, 5.41) is 9.64. The first kappa shape index (κ1) is 15.4. The van der Waals surface area contributed by atoms with Crippen molar-refractivity contribution in [3.8, 4) is 6.07 Å². The summed E-state index contributed by atoms with van der Waals surface area (Å²) in [5.41, 5.74) is 2.09. The van der Waals surface area contributed by atoms with E-state index in [1.165, 1.54) is 0 Å². The molecular formula is C21H21NO. The lowest BCUT2D eigenvalue weighted by Gasteiger charge is -2.33. The highest BCUT2D eigenvalue weighted by molar-refractivity contribution is 5.46. The van der Waals surface area contributed by atoms with Gasteiger partial charge in [0.15, 0.2) is 5.60 Å². The molecule has 0 N–H and O–H groups in total. The summed E-state index contributed by atoms with van der Waals surface area (Å²) in [6, 6.07) is 22.8. The highest BCUT2D eigenvalue weighted by Gasteiger charge is 2.46. The van der Waals surface area contributed by atoms with Crippen molar-refractivity contribution in [2.24, 2.45) is 5.41 Å². The van der Waals surface area contributed by atoms with Crippen LogP contribution in [0.15, 0.2) is 72.0 Å². The molecule has 0 radical (unpaired) electrons. The monoisotopic (exact) mass is 303 g/mol. The second-order valence-corrected chi connectivity index (χ2v) is 7.01. The minimum absolute atomic E-state index is 0.198. The van der Waals surface area contributed by atoms with Gasteiger partial charge in [0.05, 0.1) is 11.6 Å². The standard InChI is InChI=1S/C21H21NO/c1-20(2,3)19-16(15-22)14-21(23-19,17-10-6-4-7-11-17)18-12-8-5-9-13-18/h4-13H,14H2,1-3H3. The summed E-state index contributed by atoms with van der Waals surface area (Å²) >= 11 is 0. The Hall–Kier alpha value is -2.53. The summed E-state index contributed by atoms with van der Waals surface area (Å²) < 4.78 is 6.55. The summed E-state index contributed by atoms with van der Waals surface area (Å²) in [7, 11) is 0. The number of rotatable bonds is 2. The topological polar surface area (TPSA) is 33.0 Å². The van der Waals surface area contributed by atoms with Gasteiger partial charge in [-0.05, 0) is 0 Å². The number of nitriles is 1. The van der Waals surface area contributed by atoms with E-state index in [4.69, 9.17) is 4.74 Å². The smallest absolute Gasteiger partial charge is 0.163 e. The van der Waals surface area contributed by atoms with Gasteiger partial charge in [-0.25, -0.2) is 0 Å². The molecule has 1 aliphatic heterocycles. The highest BCUT2D eigenvalue weighted by atomic mass is 16.5. The van der Waals surface area contributed by atoms with E-state index in [2.05, 4.69) is 51.1 Å². The van der Waals surface area contributed by atoms with Gasteiger partial charge in [-0.1, -0.05) is 81.4 Å². The van der Waals surface area contributed by atoms with E-state index < -0.39 is 5.60 Å². The lowest BCUT2D eigenvalue weighted by molar-refractivity contribution is 0.0327. The molecule has 2 heteroatoms. The first-order chi connectivity index (χ1) is 11.0. The van der Waals surface area contributed by atoms with Crippen LogP contribution in [0.5, 0.6) is 0 Å². The minimum atomic E-state index is -0.615. The van der Waals surface area contributed by atoms with Crippen LogP contribution in [-0.2, 0) is 10.3 Å². The van der Waals surface area contributed by atoms with E-state index >= 15 is 0 Å². The third kappa shape index (κ3) is 2.64. The van der Waals surface area contributed by atoms with Crippen LogP contribution in [0.4, 0.5) is 0 Å². The molecule has 2 aromatic rings. The highest BCUT2D eigenvalue weighted by Crippen LogP contribution is 2.50. The van der Waals surface area contributed by atoms with Crippen LogP contribution < -0.4 is 0 Å². The third-order valence-corrected chi connectivity index (χ3v) is 4.27. The predicted octanol–water partition coefficient (Wildman–Crippen LogP) is 5.17. The first-order valence-electron chi connectivity index (χ1n) is 7.91. The molecule has 0 spiro atoms. The van der Waals surface area contributed by atoms with E-state index in [-0.39, 0.29) is 5.41 Å². The van der Waals surface area contributed by atoms with E-state index in [9.17, 15) is 5.26 Å². The lowest BCUT2D eigenvalue weighted by Crippen LogP contribution is -2.28. The maximum absolute atomic E-state index is 9.64. The van der Waals surface area contributed by atoms with Crippen LogP contribution in [0.3, 0.4) is 0 Å². The van der Waals surface area contributed by atoms with Gasteiger partial charge in [0.1, 0.15) is 5.76 Å². The summed E-state index contributed by atoms with van der Waals surface area (Å²) in [6.07, 6.45) is 0.574. The Morgan fingerprint density at radius 3 is 1.74 bits per heavy atom. The molecule has 0 saturated carbocycles. The molecule has 0 amide bonds. The number of ether oxygens (including phenoxy) is 1. The van der Waals surface area contributed by atoms with Crippen molar-refractivity contribution < 1.29 is 4.74 Å².